The predicted octanol–water partition coefficient (Wildman–Crippen LogP) is 4.45. The van der Waals surface area contributed by atoms with Gasteiger partial charge in [-0.05, 0) is 35.5 Å². The molecule has 0 saturated carbocycles. The average molecular weight is 276 g/mol. The molecule has 90 valence electrons. The highest BCUT2D eigenvalue weighted by Crippen LogP contribution is 2.30. The lowest BCUT2D eigenvalue weighted by molar-refractivity contribution is 0.332. The van der Waals surface area contributed by atoms with Crippen LogP contribution in [0.25, 0.3) is 11.1 Å². The first kappa shape index (κ1) is 12.8. The largest absolute Gasteiger partial charge is 0.469 e. The van der Waals surface area contributed by atoms with Gasteiger partial charge in [0.1, 0.15) is 5.75 Å². The van der Waals surface area contributed by atoms with E-state index in [4.69, 9.17) is 16.3 Å². The van der Waals surface area contributed by atoms with Crippen LogP contribution in [-0.2, 0) is 0 Å². The second kappa shape index (κ2) is 6.31. The van der Waals surface area contributed by atoms with Crippen molar-refractivity contribution in [1.82, 2.24) is 0 Å². The fourth-order valence-electron chi connectivity index (χ4n) is 1.56. The highest BCUT2D eigenvalue weighted by atomic mass is 35.5. The van der Waals surface area contributed by atoms with Gasteiger partial charge in [-0.2, -0.15) is 4.99 Å². The van der Waals surface area contributed by atoms with Crippen molar-refractivity contribution in [3.63, 3.8) is 0 Å². The minimum atomic E-state index is 0.133. The van der Waals surface area contributed by atoms with E-state index in [1.165, 1.54) is 0 Å². The van der Waals surface area contributed by atoms with E-state index < -0.39 is 0 Å². The summed E-state index contributed by atoms with van der Waals surface area (Å²) >= 11 is 10.6. The highest BCUT2D eigenvalue weighted by molar-refractivity contribution is 7.78. The third-order valence-electron chi connectivity index (χ3n) is 2.39. The smallest absolute Gasteiger partial charge is 0.188 e. The number of halogens is 1. The van der Waals surface area contributed by atoms with Crippen LogP contribution < -0.4 is 4.74 Å². The molecule has 2 rings (SSSR count). The molecular formula is C14H10ClNOS. The van der Waals surface area contributed by atoms with Crippen LogP contribution in [0.3, 0.4) is 0 Å². The van der Waals surface area contributed by atoms with Crippen molar-refractivity contribution in [1.29, 1.82) is 0 Å². The molecule has 2 aromatic carbocycles. The number of aliphatic imine (C=N–C) groups is 1. The number of hydrogen-bond donors (Lipinski definition) is 0. The van der Waals surface area contributed by atoms with Gasteiger partial charge in [0.2, 0.25) is 0 Å². The minimum absolute atomic E-state index is 0.133. The SMILES string of the molecule is S=C=NCOc1ccc(-c2ccccc2)cc1Cl. The van der Waals surface area contributed by atoms with Crippen molar-refractivity contribution in [2.24, 2.45) is 4.99 Å². The summed E-state index contributed by atoms with van der Waals surface area (Å²) in [7, 11) is 0. The van der Waals surface area contributed by atoms with Gasteiger partial charge in [-0.3, -0.25) is 0 Å². The van der Waals surface area contributed by atoms with Crippen LogP contribution in [0.2, 0.25) is 5.02 Å². The first-order valence-electron chi connectivity index (χ1n) is 5.32. The Bertz CT molecular complexity index is 580. The van der Waals surface area contributed by atoms with Gasteiger partial charge in [0.15, 0.2) is 6.73 Å². The van der Waals surface area contributed by atoms with Crippen molar-refractivity contribution in [3.05, 3.63) is 53.6 Å². The summed E-state index contributed by atoms with van der Waals surface area (Å²) in [5.74, 6) is 0.588. The first-order chi connectivity index (χ1) is 8.81. The fraction of sp³-hybridized carbons (Fsp3) is 0.0714. The van der Waals surface area contributed by atoms with E-state index in [1.54, 1.807) is 0 Å². The molecule has 0 heterocycles. The first-order valence-corrected chi connectivity index (χ1v) is 6.11. The van der Waals surface area contributed by atoms with Crippen molar-refractivity contribution in [2.75, 3.05) is 6.73 Å². The summed E-state index contributed by atoms with van der Waals surface area (Å²) in [6.07, 6.45) is 0. The molecule has 18 heavy (non-hydrogen) atoms. The van der Waals surface area contributed by atoms with Gasteiger partial charge in [-0.1, -0.05) is 48.0 Å². The zero-order valence-corrected chi connectivity index (χ0v) is 11.0. The molecule has 0 aromatic heterocycles. The normalized spacial score (nSPS) is 9.61. The van der Waals surface area contributed by atoms with Crippen LogP contribution in [0, 0.1) is 0 Å². The summed E-state index contributed by atoms with van der Waals surface area (Å²) in [5.41, 5.74) is 2.16. The van der Waals surface area contributed by atoms with Gasteiger partial charge in [0.05, 0.1) is 10.2 Å². The number of ether oxygens (including phenoxy) is 1. The molecule has 0 atom stereocenters. The number of rotatable bonds is 4. The lowest BCUT2D eigenvalue weighted by Gasteiger charge is -2.07. The maximum Gasteiger partial charge on any atom is 0.188 e. The minimum Gasteiger partial charge on any atom is -0.469 e. The molecule has 0 aliphatic heterocycles. The Morgan fingerprint density at radius 2 is 1.89 bits per heavy atom. The lowest BCUT2D eigenvalue weighted by Crippen LogP contribution is -1.93. The lowest BCUT2D eigenvalue weighted by atomic mass is 10.1. The topological polar surface area (TPSA) is 21.6 Å². The van der Waals surface area contributed by atoms with Crippen LogP contribution in [0.4, 0.5) is 0 Å². The summed E-state index contributed by atoms with van der Waals surface area (Å²) in [4.78, 5) is 3.67. The number of thiocarbonyl (C=S) groups is 1. The number of hydrogen-bond acceptors (Lipinski definition) is 3. The molecule has 0 radical (unpaired) electrons. The standard InChI is InChI=1S/C14H10ClNOS/c15-13-8-12(11-4-2-1-3-5-11)6-7-14(13)17-9-16-10-18/h1-8H,9H2. The summed E-state index contributed by atoms with van der Waals surface area (Å²) < 4.78 is 5.34. The molecule has 4 heteroatoms. The molecule has 0 aliphatic rings. The summed E-state index contributed by atoms with van der Waals surface area (Å²) in [5, 5.41) is 2.79. The van der Waals surface area contributed by atoms with E-state index in [-0.39, 0.29) is 6.73 Å². The molecule has 0 bridgehead atoms. The van der Waals surface area contributed by atoms with Gasteiger partial charge in [-0.25, -0.2) is 0 Å². The van der Waals surface area contributed by atoms with Crippen molar-refractivity contribution in [3.8, 4) is 16.9 Å². The van der Waals surface area contributed by atoms with E-state index in [9.17, 15) is 0 Å². The molecule has 2 nitrogen and oxygen atoms in total. The van der Waals surface area contributed by atoms with E-state index >= 15 is 0 Å². The monoisotopic (exact) mass is 275 g/mol. The van der Waals surface area contributed by atoms with Gasteiger partial charge in [0, 0.05) is 0 Å². The summed E-state index contributed by atoms with van der Waals surface area (Å²) in [6, 6.07) is 15.7. The Morgan fingerprint density at radius 3 is 2.56 bits per heavy atom. The van der Waals surface area contributed by atoms with Crippen LogP contribution in [0.5, 0.6) is 5.75 Å². The molecule has 0 N–H and O–H groups in total. The molecule has 0 aliphatic carbocycles. The number of nitrogens with zero attached hydrogens (tertiary/aromatic N) is 1. The number of benzene rings is 2. The zero-order valence-electron chi connectivity index (χ0n) is 9.47. The van der Waals surface area contributed by atoms with E-state index in [0.717, 1.165) is 11.1 Å². The summed E-state index contributed by atoms with van der Waals surface area (Å²) in [6.45, 7) is 0.133. The number of isothiocyanates is 1. The second-order valence-corrected chi connectivity index (χ2v) is 4.12. The van der Waals surface area contributed by atoms with Crippen LogP contribution in [0.1, 0.15) is 0 Å². The molecule has 0 saturated heterocycles. The van der Waals surface area contributed by atoms with Gasteiger partial charge >= 0.3 is 0 Å². The third kappa shape index (κ3) is 3.17. The Labute approximate surface area is 116 Å². The molecule has 0 fully saturated rings. The van der Waals surface area contributed by atoms with Crippen molar-refractivity contribution < 1.29 is 4.74 Å². The Balaban J connectivity index is 2.22. The van der Waals surface area contributed by atoms with Gasteiger partial charge in [0.25, 0.3) is 0 Å². The Morgan fingerprint density at radius 1 is 1.11 bits per heavy atom. The predicted molar refractivity (Wildman–Crippen MR) is 77.4 cm³/mol. The molecule has 0 unspecified atom stereocenters. The van der Waals surface area contributed by atoms with Crippen LogP contribution >= 0.6 is 23.8 Å². The fourth-order valence-corrected chi connectivity index (χ4v) is 1.84. The van der Waals surface area contributed by atoms with Crippen molar-refractivity contribution in [2.45, 2.75) is 0 Å². The van der Waals surface area contributed by atoms with Gasteiger partial charge in [-0.15, -0.1) is 0 Å². The molecule has 2 aromatic rings. The Hall–Kier alpha value is -1.67. The maximum atomic E-state index is 6.15. The van der Waals surface area contributed by atoms with Crippen LogP contribution in [0.15, 0.2) is 53.5 Å². The second-order valence-electron chi connectivity index (χ2n) is 3.53. The molecule has 0 amide bonds. The van der Waals surface area contributed by atoms with E-state index in [1.807, 2.05) is 48.5 Å². The zero-order chi connectivity index (χ0) is 12.8. The van der Waals surface area contributed by atoms with Crippen LogP contribution in [-0.4, -0.2) is 11.9 Å². The molecule has 0 spiro atoms. The maximum absolute atomic E-state index is 6.15. The van der Waals surface area contributed by atoms with Gasteiger partial charge < -0.3 is 4.74 Å². The Kier molecular flexibility index (Phi) is 4.48. The average Bonchev–Trinajstić information content (AvgIpc) is 2.42. The van der Waals surface area contributed by atoms with E-state index in [2.05, 4.69) is 22.4 Å². The highest BCUT2D eigenvalue weighted by Gasteiger charge is 2.04. The third-order valence-corrected chi connectivity index (χ3v) is 2.81. The van der Waals surface area contributed by atoms with Crippen molar-refractivity contribution >= 4 is 29.0 Å². The quantitative estimate of drug-likeness (QED) is 0.607. The van der Waals surface area contributed by atoms with E-state index in [0.29, 0.717) is 10.8 Å². The molecular weight excluding hydrogens is 266 g/mol.